The predicted molar refractivity (Wildman–Crippen MR) is 117 cm³/mol. The Labute approximate surface area is 175 Å². The molecule has 2 aromatic rings. The molecule has 2 aliphatic heterocycles. The van der Waals surface area contributed by atoms with E-state index in [-0.39, 0.29) is 0 Å². The standard InChI is InChI=1S/C24H32N2O2S/c1-25-15-13-22(14-16-25)26-17-11-21(12-18-26)19-20-7-9-24(10-8-20)29(27,28)23-5-3-2-4-6-23/h2-10,21-22H,11-19H2,1H3. The van der Waals surface area contributed by atoms with Gasteiger partial charge in [-0.25, -0.2) is 8.42 Å². The molecule has 5 heteroatoms. The van der Waals surface area contributed by atoms with Crippen molar-refractivity contribution in [1.82, 2.24) is 9.80 Å². The lowest BCUT2D eigenvalue weighted by Gasteiger charge is -2.41. The van der Waals surface area contributed by atoms with E-state index in [9.17, 15) is 8.42 Å². The van der Waals surface area contributed by atoms with Crippen molar-refractivity contribution in [3.05, 3.63) is 60.2 Å². The number of piperidine rings is 2. The minimum Gasteiger partial charge on any atom is -0.306 e. The van der Waals surface area contributed by atoms with Crippen LogP contribution in [0.3, 0.4) is 0 Å². The second kappa shape index (κ2) is 8.99. The molecule has 2 fully saturated rings. The molecular formula is C24H32N2O2S. The number of hydrogen-bond donors (Lipinski definition) is 0. The molecule has 0 aromatic heterocycles. The van der Waals surface area contributed by atoms with Gasteiger partial charge in [0.1, 0.15) is 0 Å². The molecular weight excluding hydrogens is 380 g/mol. The smallest absolute Gasteiger partial charge is 0.206 e. The van der Waals surface area contributed by atoms with Gasteiger partial charge < -0.3 is 9.80 Å². The Bertz CT molecular complexity index is 880. The van der Waals surface area contributed by atoms with Crippen LogP contribution in [0.25, 0.3) is 0 Å². The summed E-state index contributed by atoms with van der Waals surface area (Å²) < 4.78 is 25.5. The van der Waals surface area contributed by atoms with E-state index < -0.39 is 9.84 Å². The zero-order valence-electron chi connectivity index (χ0n) is 17.3. The fraction of sp³-hybridized carbons (Fsp3) is 0.500. The normalized spacial score (nSPS) is 20.7. The largest absolute Gasteiger partial charge is 0.306 e. The first-order valence-electron chi connectivity index (χ1n) is 10.8. The number of benzene rings is 2. The van der Waals surface area contributed by atoms with Gasteiger partial charge in [-0.3, -0.25) is 0 Å². The number of rotatable bonds is 5. The summed E-state index contributed by atoms with van der Waals surface area (Å²) >= 11 is 0. The molecule has 4 rings (SSSR count). The van der Waals surface area contributed by atoms with E-state index in [1.54, 1.807) is 36.4 Å². The van der Waals surface area contributed by atoms with Crippen molar-refractivity contribution in [1.29, 1.82) is 0 Å². The van der Waals surface area contributed by atoms with Crippen LogP contribution in [0.5, 0.6) is 0 Å². The highest BCUT2D eigenvalue weighted by atomic mass is 32.2. The molecule has 2 aliphatic rings. The Hall–Kier alpha value is -1.69. The maximum Gasteiger partial charge on any atom is 0.206 e. The molecule has 2 heterocycles. The van der Waals surface area contributed by atoms with Crippen molar-refractivity contribution in [2.24, 2.45) is 5.92 Å². The molecule has 0 saturated carbocycles. The van der Waals surface area contributed by atoms with Gasteiger partial charge in [-0.2, -0.15) is 0 Å². The zero-order chi connectivity index (χ0) is 20.3. The van der Waals surface area contributed by atoms with Crippen molar-refractivity contribution >= 4 is 9.84 Å². The molecule has 0 N–H and O–H groups in total. The third-order valence-electron chi connectivity index (χ3n) is 6.67. The fourth-order valence-corrected chi connectivity index (χ4v) is 6.04. The van der Waals surface area contributed by atoms with Crippen LogP contribution in [0, 0.1) is 5.92 Å². The molecule has 156 valence electrons. The first-order valence-corrected chi connectivity index (χ1v) is 12.3. The second-order valence-electron chi connectivity index (χ2n) is 8.68. The number of nitrogens with zero attached hydrogens (tertiary/aromatic N) is 2. The maximum absolute atomic E-state index is 12.7. The molecule has 2 aromatic carbocycles. The van der Waals surface area contributed by atoms with Gasteiger partial charge in [-0.1, -0.05) is 30.3 Å². The first-order chi connectivity index (χ1) is 14.0. The molecule has 29 heavy (non-hydrogen) atoms. The van der Waals surface area contributed by atoms with Gasteiger partial charge in [0, 0.05) is 6.04 Å². The summed E-state index contributed by atoms with van der Waals surface area (Å²) in [6, 6.07) is 17.0. The average molecular weight is 413 g/mol. The highest BCUT2D eigenvalue weighted by Gasteiger charge is 2.27. The van der Waals surface area contributed by atoms with Crippen LogP contribution in [0.4, 0.5) is 0 Å². The molecule has 0 atom stereocenters. The van der Waals surface area contributed by atoms with Crippen LogP contribution in [-0.2, 0) is 16.3 Å². The summed E-state index contributed by atoms with van der Waals surface area (Å²) in [6.07, 6.45) is 6.15. The lowest BCUT2D eigenvalue weighted by molar-refractivity contribution is 0.0855. The first kappa shape index (κ1) is 20.6. The van der Waals surface area contributed by atoms with Gasteiger partial charge in [0.15, 0.2) is 0 Å². The lowest BCUT2D eigenvalue weighted by Crippen LogP contribution is -2.47. The van der Waals surface area contributed by atoms with E-state index in [1.165, 1.54) is 57.4 Å². The maximum atomic E-state index is 12.7. The van der Waals surface area contributed by atoms with Crippen LogP contribution in [0.15, 0.2) is 64.4 Å². The predicted octanol–water partition coefficient (Wildman–Crippen LogP) is 3.87. The highest BCUT2D eigenvalue weighted by molar-refractivity contribution is 7.91. The summed E-state index contributed by atoms with van der Waals surface area (Å²) in [4.78, 5) is 5.88. The van der Waals surface area contributed by atoms with E-state index >= 15 is 0 Å². The van der Waals surface area contributed by atoms with E-state index in [0.29, 0.717) is 15.7 Å². The van der Waals surface area contributed by atoms with Crippen molar-refractivity contribution in [2.75, 3.05) is 33.2 Å². The van der Waals surface area contributed by atoms with E-state index in [1.807, 2.05) is 18.2 Å². The van der Waals surface area contributed by atoms with E-state index in [4.69, 9.17) is 0 Å². The van der Waals surface area contributed by atoms with Gasteiger partial charge in [0.05, 0.1) is 9.79 Å². The van der Waals surface area contributed by atoms with Crippen LogP contribution in [-0.4, -0.2) is 57.5 Å². The summed E-state index contributed by atoms with van der Waals surface area (Å²) in [5.41, 5.74) is 1.25. The molecule has 0 spiro atoms. The van der Waals surface area contributed by atoms with Crippen LogP contribution < -0.4 is 0 Å². The number of hydrogen-bond acceptors (Lipinski definition) is 4. The van der Waals surface area contributed by atoms with Gasteiger partial charge in [0.2, 0.25) is 9.84 Å². The van der Waals surface area contributed by atoms with E-state index in [0.717, 1.165) is 12.5 Å². The van der Waals surface area contributed by atoms with Crippen molar-refractivity contribution < 1.29 is 8.42 Å². The molecule has 0 radical (unpaired) electrons. The van der Waals surface area contributed by atoms with Crippen molar-refractivity contribution in [3.63, 3.8) is 0 Å². The Morgan fingerprint density at radius 3 is 2.00 bits per heavy atom. The molecule has 2 saturated heterocycles. The summed E-state index contributed by atoms with van der Waals surface area (Å²) in [7, 11) is -1.20. The second-order valence-corrected chi connectivity index (χ2v) is 10.6. The molecule has 0 unspecified atom stereocenters. The molecule has 4 nitrogen and oxygen atoms in total. The lowest BCUT2D eigenvalue weighted by atomic mass is 9.88. The van der Waals surface area contributed by atoms with Crippen LogP contribution in [0.1, 0.15) is 31.2 Å². The monoisotopic (exact) mass is 412 g/mol. The molecule has 0 amide bonds. The summed E-state index contributed by atoms with van der Waals surface area (Å²) in [5, 5.41) is 0. The highest BCUT2D eigenvalue weighted by Crippen LogP contribution is 2.27. The number of likely N-dealkylation sites (tertiary alicyclic amines) is 2. The fourth-order valence-electron chi connectivity index (χ4n) is 4.76. The number of sulfone groups is 1. The van der Waals surface area contributed by atoms with Crippen molar-refractivity contribution in [3.8, 4) is 0 Å². The quantitative estimate of drug-likeness (QED) is 0.748. The minimum atomic E-state index is -3.42. The van der Waals surface area contributed by atoms with Gasteiger partial charge in [-0.05, 0) is 101 Å². The Balaban J connectivity index is 1.32. The Kier molecular flexibility index (Phi) is 6.38. The van der Waals surface area contributed by atoms with Crippen LogP contribution >= 0.6 is 0 Å². The SMILES string of the molecule is CN1CCC(N2CCC(Cc3ccc(S(=O)(=O)c4ccccc4)cc3)CC2)CC1. The Morgan fingerprint density at radius 1 is 0.793 bits per heavy atom. The molecule has 0 bridgehead atoms. The topological polar surface area (TPSA) is 40.6 Å². The van der Waals surface area contributed by atoms with E-state index in [2.05, 4.69) is 16.8 Å². The van der Waals surface area contributed by atoms with Crippen molar-refractivity contribution in [2.45, 2.75) is 47.9 Å². The third-order valence-corrected chi connectivity index (χ3v) is 8.45. The zero-order valence-corrected chi connectivity index (χ0v) is 18.2. The van der Waals surface area contributed by atoms with Gasteiger partial charge >= 0.3 is 0 Å². The molecule has 0 aliphatic carbocycles. The van der Waals surface area contributed by atoms with Gasteiger partial charge in [-0.15, -0.1) is 0 Å². The van der Waals surface area contributed by atoms with Gasteiger partial charge in [0.25, 0.3) is 0 Å². The Morgan fingerprint density at radius 2 is 1.38 bits per heavy atom. The summed E-state index contributed by atoms with van der Waals surface area (Å²) in [6.45, 7) is 4.87. The summed E-state index contributed by atoms with van der Waals surface area (Å²) in [5.74, 6) is 0.703. The third kappa shape index (κ3) is 4.90. The van der Waals surface area contributed by atoms with Crippen LogP contribution in [0.2, 0.25) is 0 Å². The average Bonchev–Trinajstić information content (AvgIpc) is 2.76. The minimum absolute atomic E-state index is 0.356.